The molecule has 1 fully saturated rings. The topological polar surface area (TPSA) is 105 Å². The molecular weight excluding hydrogens is 396 g/mol. The summed E-state index contributed by atoms with van der Waals surface area (Å²) < 4.78 is 5.53. The van der Waals surface area contributed by atoms with Gasteiger partial charge in [-0.15, -0.1) is 0 Å². The summed E-state index contributed by atoms with van der Waals surface area (Å²) in [4.78, 5) is 35.9. The van der Waals surface area contributed by atoms with Crippen molar-refractivity contribution in [3.05, 3.63) is 59.7 Å². The molecular formula is C24H26N2O5. The van der Waals surface area contributed by atoms with Gasteiger partial charge >= 0.3 is 12.1 Å². The molecule has 31 heavy (non-hydrogen) atoms. The number of amides is 2. The first-order chi connectivity index (χ1) is 14.9. The minimum Gasteiger partial charge on any atom is -0.480 e. The zero-order valence-electron chi connectivity index (χ0n) is 17.4. The zero-order chi connectivity index (χ0) is 22.0. The molecule has 1 saturated carbocycles. The summed E-state index contributed by atoms with van der Waals surface area (Å²) in [6, 6.07) is 15.8. The number of carboxylic acid groups (broad SMARTS) is 1. The molecule has 0 radical (unpaired) electrons. The van der Waals surface area contributed by atoms with E-state index in [9.17, 15) is 19.5 Å². The standard InChI is InChI=1S/C24H26N2O5/c1-2-15(13-21(27)26-24(11-12-24)22(28)29)25-23(30)31-14-20-18-9-5-3-7-16(18)17-8-4-6-10-19(17)20/h3-10,15,20H,2,11-14H2,1H3,(H,25,30)(H,26,27)(H,28,29)/t15-/m1/s1. The van der Waals surface area contributed by atoms with Crippen molar-refractivity contribution < 1.29 is 24.2 Å². The van der Waals surface area contributed by atoms with Crippen LogP contribution >= 0.6 is 0 Å². The highest BCUT2D eigenvalue weighted by Gasteiger charge is 2.51. The van der Waals surface area contributed by atoms with E-state index in [1.54, 1.807) is 0 Å². The molecule has 0 unspecified atom stereocenters. The van der Waals surface area contributed by atoms with Gasteiger partial charge in [0.15, 0.2) is 0 Å². The van der Waals surface area contributed by atoms with Crippen molar-refractivity contribution in [3.63, 3.8) is 0 Å². The summed E-state index contributed by atoms with van der Waals surface area (Å²) in [5, 5.41) is 14.5. The number of hydrogen-bond acceptors (Lipinski definition) is 4. The molecule has 2 aliphatic rings. The lowest BCUT2D eigenvalue weighted by Crippen LogP contribution is -2.46. The number of fused-ring (bicyclic) bond motifs is 3. The van der Waals surface area contributed by atoms with E-state index >= 15 is 0 Å². The Morgan fingerprint density at radius 3 is 2.16 bits per heavy atom. The number of hydrogen-bond donors (Lipinski definition) is 3. The first-order valence-corrected chi connectivity index (χ1v) is 10.6. The van der Waals surface area contributed by atoms with Crippen LogP contribution in [0.5, 0.6) is 0 Å². The fourth-order valence-electron chi connectivity index (χ4n) is 4.16. The first kappa shape index (κ1) is 20.9. The SMILES string of the molecule is CC[C@H](CC(=O)NC1(C(=O)O)CC1)NC(=O)OCC1c2ccccc2-c2ccccc21. The summed E-state index contributed by atoms with van der Waals surface area (Å²) in [5.41, 5.74) is 3.45. The van der Waals surface area contributed by atoms with Crippen LogP contribution in [0.2, 0.25) is 0 Å². The summed E-state index contributed by atoms with van der Waals surface area (Å²) in [6.07, 6.45) is 0.823. The first-order valence-electron chi connectivity index (χ1n) is 10.6. The van der Waals surface area contributed by atoms with Crippen LogP contribution in [0.15, 0.2) is 48.5 Å². The van der Waals surface area contributed by atoms with Crippen LogP contribution in [-0.4, -0.2) is 41.3 Å². The third-order valence-corrected chi connectivity index (χ3v) is 6.13. The fraction of sp³-hybridized carbons (Fsp3) is 0.375. The highest BCUT2D eigenvalue weighted by atomic mass is 16.5. The summed E-state index contributed by atoms with van der Waals surface area (Å²) in [6.45, 7) is 2.05. The smallest absolute Gasteiger partial charge is 0.407 e. The third-order valence-electron chi connectivity index (χ3n) is 6.13. The Labute approximate surface area is 180 Å². The van der Waals surface area contributed by atoms with Crippen molar-refractivity contribution in [3.8, 4) is 11.1 Å². The maximum Gasteiger partial charge on any atom is 0.407 e. The average Bonchev–Trinajstić information content (AvgIpc) is 3.47. The molecule has 7 heteroatoms. The Morgan fingerprint density at radius 1 is 1.06 bits per heavy atom. The van der Waals surface area contributed by atoms with Crippen LogP contribution in [-0.2, 0) is 14.3 Å². The van der Waals surface area contributed by atoms with Crippen LogP contribution in [0.1, 0.15) is 49.7 Å². The Balaban J connectivity index is 1.33. The largest absolute Gasteiger partial charge is 0.480 e. The van der Waals surface area contributed by atoms with Gasteiger partial charge in [-0.25, -0.2) is 9.59 Å². The van der Waals surface area contributed by atoms with Crippen LogP contribution in [0, 0.1) is 0 Å². The van der Waals surface area contributed by atoms with E-state index in [1.165, 1.54) is 0 Å². The Hall–Kier alpha value is -3.35. The molecule has 7 nitrogen and oxygen atoms in total. The second-order valence-corrected chi connectivity index (χ2v) is 8.21. The van der Waals surface area contributed by atoms with Gasteiger partial charge < -0.3 is 20.5 Å². The van der Waals surface area contributed by atoms with Gasteiger partial charge in [-0.1, -0.05) is 55.5 Å². The van der Waals surface area contributed by atoms with Gasteiger partial charge in [-0.2, -0.15) is 0 Å². The number of carbonyl (C=O) groups excluding carboxylic acids is 2. The molecule has 2 aromatic rings. The lowest BCUT2D eigenvalue weighted by atomic mass is 9.98. The van der Waals surface area contributed by atoms with Crippen LogP contribution in [0.3, 0.4) is 0 Å². The fourth-order valence-corrected chi connectivity index (χ4v) is 4.16. The number of carboxylic acids is 1. The highest BCUT2D eigenvalue weighted by molar-refractivity contribution is 5.89. The number of ether oxygens (including phenoxy) is 1. The highest BCUT2D eigenvalue weighted by Crippen LogP contribution is 2.44. The van der Waals surface area contributed by atoms with E-state index in [-0.39, 0.29) is 24.9 Å². The molecule has 0 spiro atoms. The average molecular weight is 422 g/mol. The number of benzene rings is 2. The van der Waals surface area contributed by atoms with E-state index < -0.39 is 23.6 Å². The molecule has 0 saturated heterocycles. The summed E-state index contributed by atoms with van der Waals surface area (Å²) in [7, 11) is 0. The van der Waals surface area contributed by atoms with Gasteiger partial charge in [0.2, 0.25) is 5.91 Å². The normalized spacial score (nSPS) is 16.5. The Kier molecular flexibility index (Phi) is 5.67. The van der Waals surface area contributed by atoms with Gasteiger partial charge in [0.1, 0.15) is 12.1 Å². The van der Waals surface area contributed by atoms with Crippen LogP contribution in [0.25, 0.3) is 11.1 Å². The van der Waals surface area contributed by atoms with E-state index in [4.69, 9.17) is 4.74 Å². The van der Waals surface area contributed by atoms with Crippen molar-refractivity contribution in [2.75, 3.05) is 6.61 Å². The number of aliphatic carboxylic acids is 1. The maximum atomic E-state index is 12.4. The van der Waals surface area contributed by atoms with Crippen molar-refractivity contribution in [1.29, 1.82) is 0 Å². The van der Waals surface area contributed by atoms with Crippen LogP contribution < -0.4 is 10.6 Å². The minimum atomic E-state index is -1.13. The van der Waals surface area contributed by atoms with E-state index in [1.807, 2.05) is 31.2 Å². The molecule has 0 heterocycles. The summed E-state index contributed by atoms with van der Waals surface area (Å²) in [5.74, 6) is -1.43. The molecule has 3 N–H and O–H groups in total. The molecule has 162 valence electrons. The van der Waals surface area contributed by atoms with Gasteiger partial charge in [0.25, 0.3) is 0 Å². The maximum absolute atomic E-state index is 12.4. The van der Waals surface area contributed by atoms with Crippen molar-refractivity contribution in [2.24, 2.45) is 0 Å². The molecule has 0 aromatic heterocycles. The predicted octanol–water partition coefficient (Wildman–Crippen LogP) is 3.43. The molecule has 0 bridgehead atoms. The molecule has 1 atom stereocenters. The Morgan fingerprint density at radius 2 is 1.65 bits per heavy atom. The molecule has 4 rings (SSSR count). The summed E-state index contributed by atoms with van der Waals surface area (Å²) >= 11 is 0. The number of alkyl carbamates (subject to hydrolysis) is 1. The quantitative estimate of drug-likeness (QED) is 0.605. The van der Waals surface area contributed by atoms with Gasteiger partial charge in [0.05, 0.1) is 0 Å². The number of nitrogens with one attached hydrogen (secondary N) is 2. The van der Waals surface area contributed by atoms with Gasteiger partial charge in [-0.05, 0) is 41.5 Å². The van der Waals surface area contributed by atoms with Crippen molar-refractivity contribution >= 4 is 18.0 Å². The molecule has 2 aromatic carbocycles. The Bertz CT molecular complexity index is 969. The van der Waals surface area contributed by atoms with E-state index in [0.29, 0.717) is 19.3 Å². The second-order valence-electron chi connectivity index (χ2n) is 8.21. The lowest BCUT2D eigenvalue weighted by molar-refractivity contribution is -0.143. The monoisotopic (exact) mass is 422 g/mol. The number of carbonyl (C=O) groups is 3. The molecule has 2 aliphatic carbocycles. The predicted molar refractivity (Wildman–Crippen MR) is 115 cm³/mol. The van der Waals surface area contributed by atoms with Crippen molar-refractivity contribution in [1.82, 2.24) is 10.6 Å². The third kappa shape index (κ3) is 4.26. The van der Waals surface area contributed by atoms with Crippen molar-refractivity contribution in [2.45, 2.75) is 50.1 Å². The van der Waals surface area contributed by atoms with E-state index in [0.717, 1.165) is 22.3 Å². The molecule has 2 amide bonds. The van der Waals surface area contributed by atoms with Gasteiger partial charge in [0, 0.05) is 18.4 Å². The molecule has 0 aliphatic heterocycles. The van der Waals surface area contributed by atoms with Crippen LogP contribution in [0.4, 0.5) is 4.79 Å². The minimum absolute atomic E-state index is 0.00965. The number of rotatable bonds is 8. The second kappa shape index (κ2) is 8.41. The lowest BCUT2D eigenvalue weighted by Gasteiger charge is -2.20. The van der Waals surface area contributed by atoms with Gasteiger partial charge in [-0.3, -0.25) is 4.79 Å². The van der Waals surface area contributed by atoms with E-state index in [2.05, 4.69) is 34.9 Å². The zero-order valence-corrected chi connectivity index (χ0v) is 17.4.